The fourth-order valence-corrected chi connectivity index (χ4v) is 1.46. The second-order valence-electron chi connectivity index (χ2n) is 6.36. The van der Waals surface area contributed by atoms with E-state index < -0.39 is 34.3 Å². The van der Waals surface area contributed by atoms with Crippen LogP contribution in [0.25, 0.3) is 0 Å². The molecule has 0 unspecified atom stereocenters. The van der Waals surface area contributed by atoms with Crippen LogP contribution in [0.15, 0.2) is 0 Å². The van der Waals surface area contributed by atoms with Crippen LogP contribution in [-0.4, -0.2) is 58.0 Å². The molecule has 2 atom stereocenters. The second-order valence-corrected chi connectivity index (χ2v) is 7.51. The van der Waals surface area contributed by atoms with Gasteiger partial charge < -0.3 is 20.5 Å². The zero-order valence-corrected chi connectivity index (χ0v) is 13.9. The molecule has 20 heavy (non-hydrogen) atoms. The molecular weight excluding hydrogens is 280 g/mol. The van der Waals surface area contributed by atoms with Gasteiger partial charge in [-0.3, -0.25) is 4.79 Å². The summed E-state index contributed by atoms with van der Waals surface area (Å²) in [4.78, 5) is 24.6. The summed E-state index contributed by atoms with van der Waals surface area (Å²) < 4.78 is 4.72. The minimum atomic E-state index is -1.13. The molecule has 0 aromatic rings. The first-order valence-corrected chi connectivity index (χ1v) is 6.83. The maximum absolute atomic E-state index is 12.2. The van der Waals surface area contributed by atoms with Crippen molar-refractivity contribution >= 4 is 24.5 Å². The lowest BCUT2D eigenvalue weighted by Crippen LogP contribution is -2.56. The van der Waals surface area contributed by atoms with E-state index in [4.69, 9.17) is 10.5 Å². The van der Waals surface area contributed by atoms with E-state index in [-0.39, 0.29) is 6.61 Å². The number of likely N-dealkylation sites (N-methyl/N-ethyl adjacent to an activating group) is 1. The molecular formula is C13H26N2O4S. The molecule has 0 aliphatic carbocycles. The SMILES string of the molecule is CN(C(=O)[C@@H](N)C(C)(C)S)[C@@H](COC(C)(C)C)C(=O)O. The van der Waals surface area contributed by atoms with Crippen molar-refractivity contribution in [3.8, 4) is 0 Å². The summed E-state index contributed by atoms with van der Waals surface area (Å²) in [6.45, 7) is 8.76. The highest BCUT2D eigenvalue weighted by Gasteiger charge is 2.36. The van der Waals surface area contributed by atoms with E-state index in [1.54, 1.807) is 13.8 Å². The number of nitrogens with two attached hydrogens (primary N) is 1. The van der Waals surface area contributed by atoms with Gasteiger partial charge in [-0.05, 0) is 34.6 Å². The summed E-state index contributed by atoms with van der Waals surface area (Å²) in [5.41, 5.74) is 5.33. The second kappa shape index (κ2) is 6.78. The molecule has 118 valence electrons. The Hall–Kier alpha value is -0.790. The van der Waals surface area contributed by atoms with E-state index in [1.807, 2.05) is 20.8 Å². The molecule has 0 saturated heterocycles. The van der Waals surface area contributed by atoms with Gasteiger partial charge in [-0.15, -0.1) is 0 Å². The third-order valence-electron chi connectivity index (χ3n) is 2.80. The summed E-state index contributed by atoms with van der Waals surface area (Å²) in [7, 11) is 1.41. The zero-order chi connectivity index (χ0) is 16.3. The fraction of sp³-hybridized carbons (Fsp3) is 0.846. The van der Waals surface area contributed by atoms with Crippen LogP contribution >= 0.6 is 12.6 Å². The van der Waals surface area contributed by atoms with Crippen LogP contribution in [0.2, 0.25) is 0 Å². The van der Waals surface area contributed by atoms with E-state index in [2.05, 4.69) is 12.6 Å². The smallest absolute Gasteiger partial charge is 0.328 e. The van der Waals surface area contributed by atoms with E-state index in [9.17, 15) is 14.7 Å². The normalized spacial score (nSPS) is 15.6. The molecule has 0 spiro atoms. The molecule has 0 saturated carbocycles. The van der Waals surface area contributed by atoms with E-state index >= 15 is 0 Å². The maximum Gasteiger partial charge on any atom is 0.328 e. The van der Waals surface area contributed by atoms with Gasteiger partial charge in [0, 0.05) is 11.8 Å². The highest BCUT2D eigenvalue weighted by molar-refractivity contribution is 7.81. The molecule has 0 aliphatic rings. The number of nitrogens with zero attached hydrogens (tertiary/aromatic N) is 1. The first-order chi connectivity index (χ1) is 8.77. The molecule has 0 bridgehead atoms. The Morgan fingerprint density at radius 2 is 1.75 bits per heavy atom. The fourth-order valence-electron chi connectivity index (χ4n) is 1.35. The van der Waals surface area contributed by atoms with Crippen LogP contribution in [0, 0.1) is 0 Å². The predicted molar refractivity (Wildman–Crippen MR) is 80.9 cm³/mol. The zero-order valence-electron chi connectivity index (χ0n) is 13.0. The number of rotatable bonds is 6. The van der Waals surface area contributed by atoms with Crippen molar-refractivity contribution in [1.29, 1.82) is 0 Å². The highest BCUT2D eigenvalue weighted by atomic mass is 32.1. The molecule has 6 nitrogen and oxygen atoms in total. The Labute approximate surface area is 126 Å². The van der Waals surface area contributed by atoms with Crippen LogP contribution < -0.4 is 5.73 Å². The van der Waals surface area contributed by atoms with Crippen molar-refractivity contribution in [2.24, 2.45) is 5.73 Å². The summed E-state index contributed by atoms with van der Waals surface area (Å²) in [6, 6.07) is -1.98. The monoisotopic (exact) mass is 306 g/mol. The van der Waals surface area contributed by atoms with Gasteiger partial charge in [-0.25, -0.2) is 4.79 Å². The molecule has 0 radical (unpaired) electrons. The average molecular weight is 306 g/mol. The topological polar surface area (TPSA) is 92.9 Å². The summed E-state index contributed by atoms with van der Waals surface area (Å²) in [5, 5.41) is 9.24. The number of carbonyl (C=O) groups excluding carboxylic acids is 1. The summed E-state index contributed by atoms with van der Waals surface area (Å²) in [5.74, 6) is -1.61. The standard InChI is InChI=1S/C13H26N2O4S/c1-12(2,3)19-7-8(11(17)18)15(6)10(16)9(14)13(4,5)20/h8-9,20H,7,14H2,1-6H3,(H,17,18)/t8-,9+/m0/s1. The molecule has 7 heteroatoms. The van der Waals surface area contributed by atoms with Gasteiger partial charge in [-0.2, -0.15) is 12.6 Å². The molecule has 1 amide bonds. The van der Waals surface area contributed by atoms with Gasteiger partial charge >= 0.3 is 5.97 Å². The number of carbonyl (C=O) groups is 2. The number of aliphatic carboxylic acids is 1. The number of hydrogen-bond acceptors (Lipinski definition) is 5. The van der Waals surface area contributed by atoms with Gasteiger partial charge in [0.1, 0.15) is 0 Å². The molecule has 0 aromatic carbocycles. The van der Waals surface area contributed by atoms with Crippen molar-refractivity contribution in [3.05, 3.63) is 0 Å². The van der Waals surface area contributed by atoms with E-state index in [0.29, 0.717) is 0 Å². The van der Waals surface area contributed by atoms with Crippen molar-refractivity contribution in [2.45, 2.75) is 57.1 Å². The number of carboxylic acid groups (broad SMARTS) is 1. The van der Waals surface area contributed by atoms with Gasteiger partial charge in [0.25, 0.3) is 0 Å². The first kappa shape index (κ1) is 19.2. The number of thiol groups is 1. The maximum atomic E-state index is 12.2. The van der Waals surface area contributed by atoms with Gasteiger partial charge in [0.2, 0.25) is 5.91 Å². The lowest BCUT2D eigenvalue weighted by Gasteiger charge is -2.33. The minimum Gasteiger partial charge on any atom is -0.480 e. The molecule has 0 rings (SSSR count). The van der Waals surface area contributed by atoms with Gasteiger partial charge in [0.15, 0.2) is 6.04 Å². The van der Waals surface area contributed by atoms with E-state index in [0.717, 1.165) is 4.90 Å². The Morgan fingerprint density at radius 1 is 1.30 bits per heavy atom. The number of ether oxygens (including phenoxy) is 1. The number of amides is 1. The van der Waals surface area contributed by atoms with Crippen molar-refractivity contribution in [1.82, 2.24) is 4.90 Å². The van der Waals surface area contributed by atoms with Crippen molar-refractivity contribution in [3.63, 3.8) is 0 Å². The molecule has 0 fully saturated rings. The highest BCUT2D eigenvalue weighted by Crippen LogP contribution is 2.18. The third-order valence-corrected chi connectivity index (χ3v) is 3.08. The number of carboxylic acids is 1. The predicted octanol–water partition coefficient (Wildman–Crippen LogP) is 0.749. The van der Waals surface area contributed by atoms with Crippen LogP contribution in [0.3, 0.4) is 0 Å². The van der Waals surface area contributed by atoms with Crippen LogP contribution in [0.5, 0.6) is 0 Å². The van der Waals surface area contributed by atoms with Crippen molar-refractivity contribution < 1.29 is 19.4 Å². The lowest BCUT2D eigenvalue weighted by atomic mass is 10.0. The lowest BCUT2D eigenvalue weighted by molar-refractivity contribution is -0.154. The summed E-state index contributed by atoms with van der Waals surface area (Å²) in [6.07, 6.45) is 0. The molecule has 0 aliphatic heterocycles. The Morgan fingerprint density at radius 3 is 2.05 bits per heavy atom. The summed E-state index contributed by atoms with van der Waals surface area (Å²) >= 11 is 4.25. The van der Waals surface area contributed by atoms with Crippen LogP contribution in [0.4, 0.5) is 0 Å². The van der Waals surface area contributed by atoms with Crippen LogP contribution in [0.1, 0.15) is 34.6 Å². The Balaban J connectivity index is 4.94. The Bertz CT molecular complexity index is 360. The number of hydrogen-bond donors (Lipinski definition) is 3. The largest absolute Gasteiger partial charge is 0.480 e. The first-order valence-electron chi connectivity index (χ1n) is 6.38. The van der Waals surface area contributed by atoms with Crippen LogP contribution in [-0.2, 0) is 14.3 Å². The van der Waals surface area contributed by atoms with Gasteiger partial charge in [-0.1, -0.05) is 0 Å². The minimum absolute atomic E-state index is 0.0964. The quantitative estimate of drug-likeness (QED) is 0.630. The Kier molecular flexibility index (Phi) is 6.51. The third kappa shape index (κ3) is 6.11. The molecule has 3 N–H and O–H groups in total. The average Bonchev–Trinajstić information content (AvgIpc) is 2.23. The van der Waals surface area contributed by atoms with Crippen molar-refractivity contribution in [2.75, 3.05) is 13.7 Å². The van der Waals surface area contributed by atoms with E-state index in [1.165, 1.54) is 7.05 Å². The molecule has 0 aromatic heterocycles. The van der Waals surface area contributed by atoms with Gasteiger partial charge in [0.05, 0.1) is 18.2 Å². The molecule has 0 heterocycles.